The SMILES string of the molecule is CCc1ccc(COC(=O)C2CCCNC2)cc1. The largest absolute Gasteiger partial charge is 0.461 e. The van der Waals surface area contributed by atoms with Crippen LogP contribution in [0.2, 0.25) is 0 Å². The minimum atomic E-state index is -0.0678. The number of carbonyl (C=O) groups is 1. The van der Waals surface area contributed by atoms with Crippen LogP contribution in [0.1, 0.15) is 30.9 Å². The van der Waals surface area contributed by atoms with Gasteiger partial charge in [-0.15, -0.1) is 0 Å². The second-order valence-electron chi connectivity index (χ2n) is 4.82. The van der Waals surface area contributed by atoms with E-state index in [-0.39, 0.29) is 11.9 Å². The Bertz CT molecular complexity index is 380. The Hall–Kier alpha value is -1.35. The zero-order valence-electron chi connectivity index (χ0n) is 10.9. The molecule has 0 bridgehead atoms. The molecule has 0 saturated carbocycles. The first-order valence-corrected chi connectivity index (χ1v) is 6.74. The highest BCUT2D eigenvalue weighted by Crippen LogP contribution is 2.13. The Morgan fingerprint density at radius 1 is 1.33 bits per heavy atom. The molecule has 98 valence electrons. The molecule has 1 fully saturated rings. The molecule has 1 aromatic rings. The second kappa shape index (κ2) is 6.55. The first-order valence-electron chi connectivity index (χ1n) is 6.74. The molecule has 0 spiro atoms. The molecule has 1 aliphatic heterocycles. The maximum atomic E-state index is 11.8. The van der Waals surface area contributed by atoms with Crippen LogP contribution in [0, 0.1) is 5.92 Å². The molecule has 0 amide bonds. The molecule has 1 saturated heterocycles. The lowest BCUT2D eigenvalue weighted by Gasteiger charge is -2.21. The molecule has 1 N–H and O–H groups in total. The fourth-order valence-electron chi connectivity index (χ4n) is 2.20. The summed E-state index contributed by atoms with van der Waals surface area (Å²) in [5.74, 6) is -0.0320. The van der Waals surface area contributed by atoms with Crippen LogP contribution in [0.5, 0.6) is 0 Å². The van der Waals surface area contributed by atoms with E-state index in [2.05, 4.69) is 24.4 Å². The van der Waals surface area contributed by atoms with Crippen molar-refractivity contribution in [2.75, 3.05) is 13.1 Å². The Morgan fingerprint density at radius 2 is 2.06 bits per heavy atom. The smallest absolute Gasteiger partial charge is 0.310 e. The summed E-state index contributed by atoms with van der Waals surface area (Å²) in [7, 11) is 0. The lowest BCUT2D eigenvalue weighted by atomic mass is 10.0. The number of aryl methyl sites for hydroxylation is 1. The predicted molar refractivity (Wildman–Crippen MR) is 71.2 cm³/mol. The summed E-state index contributed by atoms with van der Waals surface area (Å²) in [6.45, 7) is 4.29. The molecule has 1 unspecified atom stereocenters. The van der Waals surface area contributed by atoms with Crippen molar-refractivity contribution < 1.29 is 9.53 Å². The lowest BCUT2D eigenvalue weighted by Crippen LogP contribution is -2.35. The number of piperidine rings is 1. The van der Waals surface area contributed by atoms with Gasteiger partial charge < -0.3 is 10.1 Å². The standard InChI is InChI=1S/C15H21NO2/c1-2-12-5-7-13(8-6-12)11-18-15(17)14-4-3-9-16-10-14/h5-8,14,16H,2-4,9-11H2,1H3. The molecule has 0 aromatic heterocycles. The summed E-state index contributed by atoms with van der Waals surface area (Å²) in [4.78, 5) is 11.8. The summed E-state index contributed by atoms with van der Waals surface area (Å²) >= 11 is 0. The Labute approximate surface area is 109 Å². The molecule has 0 radical (unpaired) electrons. The molecular formula is C15H21NO2. The van der Waals surface area contributed by atoms with E-state index >= 15 is 0 Å². The quantitative estimate of drug-likeness (QED) is 0.830. The van der Waals surface area contributed by atoms with Crippen molar-refractivity contribution in [1.29, 1.82) is 0 Å². The molecule has 0 aliphatic carbocycles. The highest BCUT2D eigenvalue weighted by atomic mass is 16.5. The van der Waals surface area contributed by atoms with Crippen LogP contribution < -0.4 is 5.32 Å². The Morgan fingerprint density at radius 3 is 2.67 bits per heavy atom. The van der Waals surface area contributed by atoms with Gasteiger partial charge in [-0.2, -0.15) is 0 Å². The second-order valence-corrected chi connectivity index (χ2v) is 4.82. The fraction of sp³-hybridized carbons (Fsp3) is 0.533. The third-order valence-corrected chi connectivity index (χ3v) is 3.44. The molecular weight excluding hydrogens is 226 g/mol. The van der Waals surface area contributed by atoms with E-state index < -0.39 is 0 Å². The van der Waals surface area contributed by atoms with Crippen LogP contribution in [0.25, 0.3) is 0 Å². The zero-order chi connectivity index (χ0) is 12.8. The number of hydrogen-bond donors (Lipinski definition) is 1. The normalized spacial score (nSPS) is 19.5. The number of nitrogens with one attached hydrogen (secondary N) is 1. The van der Waals surface area contributed by atoms with E-state index in [1.54, 1.807) is 0 Å². The van der Waals surface area contributed by atoms with Crippen molar-refractivity contribution in [3.63, 3.8) is 0 Å². The average molecular weight is 247 g/mol. The van der Waals surface area contributed by atoms with E-state index in [1.807, 2.05) is 12.1 Å². The van der Waals surface area contributed by atoms with Crippen molar-refractivity contribution >= 4 is 5.97 Å². The highest BCUT2D eigenvalue weighted by Gasteiger charge is 2.22. The van der Waals surface area contributed by atoms with E-state index in [0.717, 1.165) is 37.9 Å². The first kappa shape index (κ1) is 13.1. The van der Waals surface area contributed by atoms with Gasteiger partial charge in [-0.3, -0.25) is 4.79 Å². The minimum absolute atomic E-state index is 0.0358. The topological polar surface area (TPSA) is 38.3 Å². The predicted octanol–water partition coefficient (Wildman–Crippen LogP) is 2.29. The third-order valence-electron chi connectivity index (χ3n) is 3.44. The Kier molecular flexibility index (Phi) is 4.76. The van der Waals surface area contributed by atoms with Gasteiger partial charge in [-0.05, 0) is 36.9 Å². The van der Waals surface area contributed by atoms with Crippen LogP contribution >= 0.6 is 0 Å². The first-order chi connectivity index (χ1) is 8.79. The van der Waals surface area contributed by atoms with Gasteiger partial charge in [-0.1, -0.05) is 31.2 Å². The minimum Gasteiger partial charge on any atom is -0.461 e. The summed E-state index contributed by atoms with van der Waals surface area (Å²) in [5, 5.41) is 3.23. The maximum absolute atomic E-state index is 11.8. The van der Waals surface area contributed by atoms with E-state index in [0.29, 0.717) is 6.61 Å². The number of ether oxygens (including phenoxy) is 1. The van der Waals surface area contributed by atoms with Gasteiger partial charge in [0, 0.05) is 6.54 Å². The summed E-state index contributed by atoms with van der Waals surface area (Å²) < 4.78 is 5.36. The van der Waals surface area contributed by atoms with Gasteiger partial charge in [-0.25, -0.2) is 0 Å². The van der Waals surface area contributed by atoms with Crippen molar-refractivity contribution in [2.24, 2.45) is 5.92 Å². The highest BCUT2D eigenvalue weighted by molar-refractivity contribution is 5.72. The number of rotatable bonds is 4. The van der Waals surface area contributed by atoms with E-state index in [4.69, 9.17) is 4.74 Å². The van der Waals surface area contributed by atoms with Crippen LogP contribution in [0.3, 0.4) is 0 Å². The van der Waals surface area contributed by atoms with Gasteiger partial charge in [0.05, 0.1) is 5.92 Å². The van der Waals surface area contributed by atoms with Gasteiger partial charge in [0.1, 0.15) is 6.61 Å². The lowest BCUT2D eigenvalue weighted by molar-refractivity contribution is -0.150. The van der Waals surface area contributed by atoms with Crippen molar-refractivity contribution in [3.8, 4) is 0 Å². The fourth-order valence-corrected chi connectivity index (χ4v) is 2.20. The molecule has 3 heteroatoms. The molecule has 1 aliphatic rings. The summed E-state index contributed by atoms with van der Waals surface area (Å²) in [5.41, 5.74) is 2.37. The van der Waals surface area contributed by atoms with E-state index in [9.17, 15) is 4.79 Å². The van der Waals surface area contributed by atoms with Gasteiger partial charge in [0.25, 0.3) is 0 Å². The van der Waals surface area contributed by atoms with Crippen LogP contribution in [-0.4, -0.2) is 19.1 Å². The average Bonchev–Trinajstić information content (AvgIpc) is 2.46. The van der Waals surface area contributed by atoms with Crippen LogP contribution in [0.15, 0.2) is 24.3 Å². The van der Waals surface area contributed by atoms with E-state index in [1.165, 1.54) is 5.56 Å². The van der Waals surface area contributed by atoms with Crippen molar-refractivity contribution in [2.45, 2.75) is 32.8 Å². The van der Waals surface area contributed by atoms with Crippen molar-refractivity contribution in [3.05, 3.63) is 35.4 Å². The number of carbonyl (C=O) groups excluding carboxylic acids is 1. The van der Waals surface area contributed by atoms with Gasteiger partial charge in [0.2, 0.25) is 0 Å². The molecule has 1 aromatic carbocycles. The van der Waals surface area contributed by atoms with Crippen molar-refractivity contribution in [1.82, 2.24) is 5.32 Å². The molecule has 1 heterocycles. The molecule has 1 atom stereocenters. The third kappa shape index (κ3) is 3.57. The van der Waals surface area contributed by atoms with Crippen LogP contribution in [0.4, 0.5) is 0 Å². The Balaban J connectivity index is 1.80. The summed E-state index contributed by atoms with van der Waals surface area (Å²) in [6, 6.07) is 8.24. The monoisotopic (exact) mass is 247 g/mol. The van der Waals surface area contributed by atoms with Gasteiger partial charge >= 0.3 is 5.97 Å². The van der Waals surface area contributed by atoms with Crippen LogP contribution in [-0.2, 0) is 22.6 Å². The zero-order valence-corrected chi connectivity index (χ0v) is 10.9. The van der Waals surface area contributed by atoms with Gasteiger partial charge in [0.15, 0.2) is 0 Å². The molecule has 3 nitrogen and oxygen atoms in total. The number of hydrogen-bond acceptors (Lipinski definition) is 3. The molecule has 18 heavy (non-hydrogen) atoms. The number of esters is 1. The summed E-state index contributed by atoms with van der Waals surface area (Å²) in [6.07, 6.45) is 3.04. The molecule has 2 rings (SSSR count). The number of benzene rings is 1. The maximum Gasteiger partial charge on any atom is 0.310 e.